The minimum absolute atomic E-state index is 0.0771. The predicted octanol–water partition coefficient (Wildman–Crippen LogP) is 13.1. The smallest absolute Gasteiger partial charge is 0.379 e. The third-order valence-electron chi connectivity index (χ3n) is 6.50. The molecule has 0 fully saturated rings. The van der Waals surface area contributed by atoms with Crippen LogP contribution in [0.15, 0.2) is 69.7 Å². The van der Waals surface area contributed by atoms with Gasteiger partial charge in [-0.05, 0) is 42.7 Å². The highest BCUT2D eigenvalue weighted by Crippen LogP contribution is 2.54. The van der Waals surface area contributed by atoms with E-state index in [0.29, 0.717) is 19.5 Å². The van der Waals surface area contributed by atoms with Gasteiger partial charge < -0.3 is 15.3 Å². The Balaban J connectivity index is 0. The highest BCUT2D eigenvalue weighted by atomic mass is 32.2. The molecule has 0 spiro atoms. The lowest BCUT2D eigenvalue weighted by Gasteiger charge is -2.27. The molecule has 0 bridgehead atoms. The maximum absolute atomic E-state index is 12.1. The summed E-state index contributed by atoms with van der Waals surface area (Å²) in [5.41, 5.74) is -1.25. The molecular formula is C38H56O7S5. The standard InChI is InChI=1S/C32H38O7S5.3C2H6/c1-12-22(27-20(33)16-26(44-27)32(9,10)25(14-3)41-18(5)30(37)39-38-11)42-19(6)31(7,8)28-21(34)15-24(43-28)17(4)40-23(13-2)29(35)36;3*1-2/h12-16,33-34H,4-6H2,1-3,7-11H3,(H,35,36);3*1-2H3/b22-12-,23-13-,25-14-;;;. The van der Waals surface area contributed by atoms with Crippen LogP contribution < -0.4 is 0 Å². The molecule has 0 radical (unpaired) electrons. The van der Waals surface area contributed by atoms with Crippen LogP contribution in [0.2, 0.25) is 0 Å². The number of allylic oxidation sites excluding steroid dienone is 5. The molecule has 2 aromatic rings. The Kier molecular flexibility index (Phi) is 23.5. The first-order valence-electron chi connectivity index (χ1n) is 16.2. The minimum atomic E-state index is -1.04. The number of thiophene rings is 2. The quantitative estimate of drug-likeness (QED) is 0.0916. The van der Waals surface area contributed by atoms with Crippen molar-refractivity contribution < 1.29 is 34.7 Å². The van der Waals surface area contributed by atoms with Gasteiger partial charge in [-0.15, -0.1) is 22.7 Å². The zero-order valence-electron chi connectivity index (χ0n) is 32.0. The zero-order valence-corrected chi connectivity index (χ0v) is 36.1. The van der Waals surface area contributed by atoms with Crippen LogP contribution in [0.5, 0.6) is 11.5 Å². The summed E-state index contributed by atoms with van der Waals surface area (Å²) in [7, 11) is 1.25. The van der Waals surface area contributed by atoms with Crippen molar-refractivity contribution in [2.45, 2.75) is 101 Å². The van der Waals surface area contributed by atoms with Gasteiger partial charge in [-0.1, -0.05) is 142 Å². The van der Waals surface area contributed by atoms with Crippen LogP contribution in [0.3, 0.4) is 0 Å². The first-order valence-corrected chi connectivity index (χ1v) is 20.3. The van der Waals surface area contributed by atoms with E-state index in [2.05, 4.69) is 29.5 Å². The number of thioether (sulfide) groups is 3. The topological polar surface area (TPSA) is 113 Å². The van der Waals surface area contributed by atoms with Crippen molar-refractivity contribution in [1.29, 1.82) is 0 Å². The molecule has 0 aliphatic rings. The van der Waals surface area contributed by atoms with Crippen molar-refractivity contribution >= 4 is 79.7 Å². The molecule has 3 N–H and O–H groups in total. The van der Waals surface area contributed by atoms with E-state index < -0.39 is 22.8 Å². The molecule has 280 valence electrons. The van der Waals surface area contributed by atoms with Gasteiger partial charge in [-0.2, -0.15) is 4.89 Å². The summed E-state index contributed by atoms with van der Waals surface area (Å²) in [5.74, 6) is -1.51. The summed E-state index contributed by atoms with van der Waals surface area (Å²) in [6, 6.07) is 3.33. The Morgan fingerprint density at radius 2 is 1.36 bits per heavy atom. The van der Waals surface area contributed by atoms with Crippen LogP contribution in [0, 0.1) is 0 Å². The molecular weight excluding hydrogens is 729 g/mol. The van der Waals surface area contributed by atoms with E-state index in [4.69, 9.17) is 0 Å². The molecule has 0 atom stereocenters. The molecule has 0 amide bonds. The Morgan fingerprint density at radius 3 is 1.82 bits per heavy atom. The molecule has 0 saturated heterocycles. The van der Waals surface area contributed by atoms with Crippen LogP contribution in [-0.2, 0) is 30.2 Å². The summed E-state index contributed by atoms with van der Waals surface area (Å²) < 4.78 is 0. The van der Waals surface area contributed by atoms with Gasteiger partial charge in [-0.3, -0.25) is 4.89 Å². The van der Waals surface area contributed by atoms with E-state index in [9.17, 15) is 24.9 Å². The second-order valence-corrected chi connectivity index (χ2v) is 15.8. The number of aromatic hydroxyl groups is 2. The van der Waals surface area contributed by atoms with Gasteiger partial charge in [0.2, 0.25) is 0 Å². The van der Waals surface area contributed by atoms with E-state index in [1.165, 1.54) is 59.4 Å². The van der Waals surface area contributed by atoms with Crippen LogP contribution in [0.1, 0.15) is 110 Å². The van der Waals surface area contributed by atoms with Crippen LogP contribution >= 0.6 is 58.0 Å². The monoisotopic (exact) mass is 784 g/mol. The molecule has 2 aromatic heterocycles. The second kappa shape index (κ2) is 23.8. The van der Waals surface area contributed by atoms with Gasteiger partial charge in [0, 0.05) is 30.4 Å². The molecule has 2 rings (SSSR count). The van der Waals surface area contributed by atoms with Crippen LogP contribution in [-0.4, -0.2) is 34.4 Å². The van der Waals surface area contributed by atoms with Crippen molar-refractivity contribution in [3.8, 4) is 11.5 Å². The Morgan fingerprint density at radius 1 is 0.800 bits per heavy atom. The van der Waals surface area contributed by atoms with E-state index in [1.807, 2.05) is 95.2 Å². The summed E-state index contributed by atoms with van der Waals surface area (Å²) >= 11 is 6.41. The molecule has 0 aliphatic heterocycles. The number of rotatable bonds is 15. The maximum Gasteiger partial charge on any atom is 0.379 e. The van der Waals surface area contributed by atoms with Gasteiger partial charge in [0.15, 0.2) is 0 Å². The average Bonchev–Trinajstić information content (AvgIpc) is 3.70. The first kappa shape index (κ1) is 49.5. The largest absolute Gasteiger partial charge is 0.507 e. The van der Waals surface area contributed by atoms with E-state index in [1.54, 1.807) is 19.1 Å². The molecule has 0 unspecified atom stereocenters. The second-order valence-electron chi connectivity index (χ2n) is 10.3. The molecule has 0 aromatic carbocycles. The number of hydrogen-bond acceptors (Lipinski definition) is 11. The normalized spacial score (nSPS) is 11.9. The number of aliphatic carboxylic acids is 1. The fourth-order valence-electron chi connectivity index (χ4n) is 3.83. The lowest BCUT2D eigenvalue weighted by Crippen LogP contribution is -2.18. The summed E-state index contributed by atoms with van der Waals surface area (Å²) in [6.07, 6.45) is 5.32. The number of carboxylic acid groups (broad SMARTS) is 1. The summed E-state index contributed by atoms with van der Waals surface area (Å²) in [5, 5.41) is 31.3. The minimum Gasteiger partial charge on any atom is -0.507 e. The fraction of sp³-hybridized carbons (Fsp3) is 0.421. The van der Waals surface area contributed by atoms with E-state index in [-0.39, 0.29) is 21.3 Å². The lowest BCUT2D eigenvalue weighted by molar-refractivity contribution is -0.249. The summed E-state index contributed by atoms with van der Waals surface area (Å²) in [4.78, 5) is 38.7. The van der Waals surface area contributed by atoms with Crippen molar-refractivity contribution in [3.63, 3.8) is 0 Å². The number of hydrogen-bond donors (Lipinski definition) is 3. The number of carbonyl (C=O) groups is 2. The average molecular weight is 785 g/mol. The Hall–Kier alpha value is -2.61. The highest BCUT2D eigenvalue weighted by molar-refractivity contribution is 8.12. The van der Waals surface area contributed by atoms with Crippen molar-refractivity contribution in [2.24, 2.45) is 0 Å². The van der Waals surface area contributed by atoms with Crippen molar-refractivity contribution in [1.82, 2.24) is 0 Å². The third-order valence-corrected chi connectivity index (χ3v) is 13.6. The lowest BCUT2D eigenvalue weighted by atomic mass is 9.90. The van der Waals surface area contributed by atoms with Gasteiger partial charge in [0.25, 0.3) is 0 Å². The third kappa shape index (κ3) is 13.2. The Labute approximate surface area is 321 Å². The molecule has 0 aliphatic carbocycles. The Bertz CT molecular complexity index is 1550. The fourth-order valence-corrected chi connectivity index (χ4v) is 9.08. The molecule has 50 heavy (non-hydrogen) atoms. The molecule has 0 saturated carbocycles. The van der Waals surface area contributed by atoms with E-state index >= 15 is 0 Å². The molecule has 12 heteroatoms. The van der Waals surface area contributed by atoms with Crippen LogP contribution in [0.4, 0.5) is 0 Å². The number of carboxylic acids is 1. The first-order chi connectivity index (χ1) is 23.5. The summed E-state index contributed by atoms with van der Waals surface area (Å²) in [6.45, 7) is 37.5. The number of carbonyl (C=O) groups excluding carboxylic acids is 1. The highest BCUT2D eigenvalue weighted by Gasteiger charge is 2.34. The van der Waals surface area contributed by atoms with Crippen molar-refractivity contribution in [3.05, 3.63) is 89.2 Å². The SMILES string of the molecule is C=C(S/C(=C\C)C(C)(C)c1cc(O)c(/C(=C/C)SC(=C)C(C)(C)c2sc(C(=C)S/C(=C\C)C(=O)O)cc2O)s1)C(=O)OOC.CC.CC.CC. The molecule has 7 nitrogen and oxygen atoms in total. The van der Waals surface area contributed by atoms with Gasteiger partial charge in [-0.25, -0.2) is 9.59 Å². The van der Waals surface area contributed by atoms with Crippen LogP contribution in [0.25, 0.3) is 9.81 Å². The van der Waals surface area contributed by atoms with Gasteiger partial charge in [0.1, 0.15) is 11.5 Å². The van der Waals surface area contributed by atoms with Gasteiger partial charge >= 0.3 is 11.9 Å². The zero-order chi connectivity index (χ0) is 39.6. The van der Waals surface area contributed by atoms with Gasteiger partial charge in [0.05, 0.1) is 26.7 Å². The van der Waals surface area contributed by atoms with Crippen molar-refractivity contribution in [2.75, 3.05) is 7.11 Å². The van der Waals surface area contributed by atoms with E-state index in [0.717, 1.165) is 31.4 Å². The maximum atomic E-state index is 12.1. The molecule has 2 heterocycles. The predicted molar refractivity (Wildman–Crippen MR) is 224 cm³/mol.